The van der Waals surface area contributed by atoms with Crippen molar-refractivity contribution in [3.05, 3.63) is 65.5 Å². The third kappa shape index (κ3) is 21.5. The number of nitrogens with one attached hydrogen (secondary N) is 7. The lowest BCUT2D eigenvalue weighted by molar-refractivity contribution is -0.142. The second-order valence-corrected chi connectivity index (χ2v) is 20.5. The van der Waals surface area contributed by atoms with E-state index in [-0.39, 0.29) is 49.0 Å². The molecule has 26 heteroatoms. The Bertz CT molecular complexity index is 2290. The maximum absolute atomic E-state index is 14.8. The molecule has 0 aromatic heterocycles. The minimum atomic E-state index is -1.81. The van der Waals surface area contributed by atoms with Crippen LogP contribution in [0.15, 0.2) is 48.5 Å². The molecular formula is C47H66FN11O12S2. The zero-order chi connectivity index (χ0) is 54.4. The van der Waals surface area contributed by atoms with Crippen LogP contribution in [0.4, 0.5) is 4.39 Å². The number of benzene rings is 2. The number of primary amides is 3. The molecule has 1 aliphatic rings. The normalized spacial score (nSPS) is 20.6. The Labute approximate surface area is 429 Å². The predicted molar refractivity (Wildman–Crippen MR) is 268 cm³/mol. The number of carbonyl (C=O) groups excluding carboxylic acids is 11. The van der Waals surface area contributed by atoms with Gasteiger partial charge in [0, 0.05) is 37.3 Å². The van der Waals surface area contributed by atoms with Crippen LogP contribution >= 0.6 is 21.6 Å². The molecule has 7 atom stereocenters. The molecule has 400 valence electrons. The monoisotopic (exact) mass is 1060 g/mol. The number of carbonyl (C=O) groups is 11. The minimum Gasteiger partial charge on any atom is -0.508 e. The molecule has 1 aliphatic heterocycles. The summed E-state index contributed by atoms with van der Waals surface area (Å²) >= 11 is 0. The van der Waals surface area contributed by atoms with Gasteiger partial charge in [0.05, 0.1) is 31.6 Å². The first-order chi connectivity index (χ1) is 34.5. The standard InChI is InChI=1S/C47H66FN11O12S2/c1-5-26(4)41-46(70)55-31(14-15-36(49)61)42(66)43(67)32(20-37(50)62)57-58-35(24-73-72-17-16-39(64)53-34(45(69)56-41)19-27-8-12-30(60)13-9-27)47(71)59(22-28-6-10-29(48)11-7-28)23-40(65)54-33(18-25(2)3)44(68)52-21-38(51)63/h6-13,25-26,31-35,41,57-58,60H,5,14-24H2,1-4H3,(H2,49,61)(H2,50,62)(H2,51,63)(H,52,68)(H,53,64)(H,54,65)(H,55,70)(H,56,69)/t26-,31-,32-,33-,34-,35-,41-/m0/s1. The Morgan fingerprint density at radius 2 is 1.44 bits per heavy atom. The number of amides is 9. The largest absolute Gasteiger partial charge is 0.508 e. The van der Waals surface area contributed by atoms with Crippen molar-refractivity contribution in [3.63, 3.8) is 0 Å². The van der Waals surface area contributed by atoms with Crippen LogP contribution < -0.4 is 54.6 Å². The Balaban J connectivity index is 2.11. The van der Waals surface area contributed by atoms with Crippen LogP contribution in [0.25, 0.3) is 0 Å². The van der Waals surface area contributed by atoms with Gasteiger partial charge >= 0.3 is 0 Å². The Hall–Kier alpha value is -6.64. The lowest BCUT2D eigenvalue weighted by atomic mass is 9.94. The van der Waals surface area contributed by atoms with E-state index in [0.717, 1.165) is 38.6 Å². The number of Topliss-reactive ketones (excluding diaryl/α,β-unsaturated/α-hetero) is 2. The van der Waals surface area contributed by atoms with Crippen molar-refractivity contribution in [2.75, 3.05) is 24.6 Å². The van der Waals surface area contributed by atoms with E-state index in [1.54, 1.807) is 39.8 Å². The van der Waals surface area contributed by atoms with Gasteiger partial charge in [-0.25, -0.2) is 15.2 Å². The minimum absolute atomic E-state index is 0.0479. The second kappa shape index (κ2) is 30.4. The number of hydrogen-bond acceptors (Lipinski definition) is 16. The summed E-state index contributed by atoms with van der Waals surface area (Å²) in [6, 6.07) is 2.06. The molecule has 1 heterocycles. The summed E-state index contributed by atoms with van der Waals surface area (Å²) in [5, 5.41) is 22.6. The highest BCUT2D eigenvalue weighted by Crippen LogP contribution is 2.24. The quantitative estimate of drug-likeness (QED) is 0.0538. The van der Waals surface area contributed by atoms with Crippen molar-refractivity contribution in [1.29, 1.82) is 0 Å². The van der Waals surface area contributed by atoms with Crippen molar-refractivity contribution in [2.45, 2.75) is 115 Å². The zero-order valence-corrected chi connectivity index (χ0v) is 42.7. The van der Waals surface area contributed by atoms with Gasteiger partial charge < -0.3 is 53.8 Å². The summed E-state index contributed by atoms with van der Waals surface area (Å²) in [6.45, 7) is 5.41. The fourth-order valence-electron chi connectivity index (χ4n) is 7.21. The van der Waals surface area contributed by atoms with Gasteiger partial charge in [-0.05, 0) is 60.1 Å². The third-order valence-electron chi connectivity index (χ3n) is 11.3. The molecule has 2 aromatic rings. The number of rotatable bonds is 20. The number of hydrazine groups is 1. The zero-order valence-electron chi connectivity index (χ0n) is 41.0. The van der Waals surface area contributed by atoms with Crippen LogP contribution in [-0.2, 0) is 65.7 Å². The first-order valence-corrected chi connectivity index (χ1v) is 25.9. The topological polar surface area (TPSA) is 374 Å². The molecule has 0 unspecified atom stereocenters. The Kier molecular flexibility index (Phi) is 25.3. The van der Waals surface area contributed by atoms with Crippen LogP contribution in [0.1, 0.15) is 77.3 Å². The van der Waals surface area contributed by atoms with Gasteiger partial charge in [-0.1, -0.05) is 80.0 Å². The summed E-state index contributed by atoms with van der Waals surface area (Å²) in [6.07, 6.45) is -1.64. The molecule has 73 heavy (non-hydrogen) atoms. The van der Waals surface area contributed by atoms with E-state index < -0.39 is 145 Å². The molecule has 0 bridgehead atoms. The van der Waals surface area contributed by atoms with Crippen molar-refractivity contribution in [1.82, 2.24) is 42.3 Å². The van der Waals surface area contributed by atoms with E-state index in [0.29, 0.717) is 17.5 Å². The number of phenolic OH excluding ortho intramolecular Hbond substituents is 1. The highest BCUT2D eigenvalue weighted by Gasteiger charge is 2.38. The fourth-order valence-corrected chi connectivity index (χ4v) is 9.36. The van der Waals surface area contributed by atoms with Gasteiger partial charge in [0.25, 0.3) is 0 Å². The fraction of sp³-hybridized carbons (Fsp3) is 0.511. The van der Waals surface area contributed by atoms with E-state index in [9.17, 15) is 62.2 Å². The lowest BCUT2D eigenvalue weighted by Crippen LogP contribution is -2.61. The highest BCUT2D eigenvalue weighted by molar-refractivity contribution is 8.76. The van der Waals surface area contributed by atoms with Gasteiger partial charge in [0.1, 0.15) is 35.7 Å². The van der Waals surface area contributed by atoms with E-state index in [1.165, 1.54) is 24.3 Å². The van der Waals surface area contributed by atoms with Crippen molar-refractivity contribution >= 4 is 86.3 Å². The van der Waals surface area contributed by atoms with Crippen LogP contribution in [0, 0.1) is 17.7 Å². The lowest BCUT2D eigenvalue weighted by Gasteiger charge is -2.30. The molecular weight excluding hydrogens is 994 g/mol. The molecule has 1 fully saturated rings. The van der Waals surface area contributed by atoms with Crippen molar-refractivity contribution < 1.29 is 62.2 Å². The van der Waals surface area contributed by atoms with Crippen LogP contribution in [-0.4, -0.2) is 136 Å². The maximum Gasteiger partial charge on any atom is 0.243 e. The summed E-state index contributed by atoms with van der Waals surface area (Å²) in [5.41, 5.74) is 22.3. The number of ketones is 2. The number of halogens is 1. The molecule has 0 radical (unpaired) electrons. The Morgan fingerprint density at radius 3 is 2.04 bits per heavy atom. The molecule has 0 saturated carbocycles. The SMILES string of the molecule is CC[C@H](C)[C@@H]1NC(=O)[C@H](Cc2ccc(O)cc2)NC(=O)CCSSC[C@@H](C(=O)N(CC(=O)N[C@@H](CC(C)C)C(=O)NCC(N)=O)Cc2ccc(F)cc2)NN[C@@H](CC(N)=O)C(=O)C(=O)[C@H](CCC(N)=O)NC1=O. The molecule has 23 nitrogen and oxygen atoms in total. The summed E-state index contributed by atoms with van der Waals surface area (Å²) in [5.74, 6) is -11.6. The predicted octanol–water partition coefficient (Wildman–Crippen LogP) is -1.37. The van der Waals surface area contributed by atoms with Gasteiger partial charge in [0.2, 0.25) is 64.7 Å². The number of hydrogen-bond donors (Lipinski definition) is 11. The average Bonchev–Trinajstić information content (AvgIpc) is 3.33. The molecule has 14 N–H and O–H groups in total. The summed E-state index contributed by atoms with van der Waals surface area (Å²) < 4.78 is 14.0. The van der Waals surface area contributed by atoms with E-state index in [4.69, 9.17) is 17.2 Å². The van der Waals surface area contributed by atoms with Crippen molar-refractivity contribution in [3.8, 4) is 5.75 Å². The van der Waals surface area contributed by atoms with E-state index >= 15 is 0 Å². The van der Waals surface area contributed by atoms with E-state index in [1.807, 2.05) is 0 Å². The number of aromatic hydroxyl groups is 1. The van der Waals surface area contributed by atoms with Gasteiger partial charge in [-0.3, -0.25) is 52.7 Å². The molecule has 2 aromatic carbocycles. The first-order valence-electron chi connectivity index (χ1n) is 23.4. The molecule has 1 saturated heterocycles. The van der Waals surface area contributed by atoms with Gasteiger partial charge in [-0.15, -0.1) is 0 Å². The third-order valence-corrected chi connectivity index (χ3v) is 13.7. The summed E-state index contributed by atoms with van der Waals surface area (Å²) in [4.78, 5) is 148. The molecule has 3 rings (SSSR count). The highest BCUT2D eigenvalue weighted by atomic mass is 33.1. The van der Waals surface area contributed by atoms with Crippen molar-refractivity contribution in [2.24, 2.45) is 29.0 Å². The molecule has 0 aliphatic carbocycles. The number of nitrogens with two attached hydrogens (primary N) is 3. The van der Waals surface area contributed by atoms with Crippen LogP contribution in [0.2, 0.25) is 0 Å². The molecule has 9 amide bonds. The van der Waals surface area contributed by atoms with E-state index in [2.05, 4.69) is 37.4 Å². The Morgan fingerprint density at radius 1 is 0.795 bits per heavy atom. The van der Waals surface area contributed by atoms with Gasteiger partial charge in [-0.2, -0.15) is 0 Å². The number of nitrogens with zero attached hydrogens (tertiary/aromatic N) is 1. The smallest absolute Gasteiger partial charge is 0.243 e. The second-order valence-electron chi connectivity index (χ2n) is 17.8. The first kappa shape index (κ1) is 60.7. The average molecular weight is 1060 g/mol. The number of phenols is 1. The van der Waals surface area contributed by atoms with Gasteiger partial charge in [0.15, 0.2) is 0 Å². The molecule has 0 spiro atoms. The van der Waals surface area contributed by atoms with Crippen LogP contribution in [0.3, 0.4) is 0 Å². The summed E-state index contributed by atoms with van der Waals surface area (Å²) in [7, 11) is 2.18. The maximum atomic E-state index is 14.8. The van der Waals surface area contributed by atoms with Crippen LogP contribution in [0.5, 0.6) is 5.75 Å².